The van der Waals surface area contributed by atoms with E-state index < -0.39 is 0 Å². The van der Waals surface area contributed by atoms with Gasteiger partial charge in [0.15, 0.2) is 0 Å². The van der Waals surface area contributed by atoms with Gasteiger partial charge in [-0.15, -0.1) is 0 Å². The van der Waals surface area contributed by atoms with Crippen molar-refractivity contribution in [1.29, 1.82) is 0 Å². The van der Waals surface area contributed by atoms with Gasteiger partial charge in [-0.25, -0.2) is 0 Å². The van der Waals surface area contributed by atoms with Crippen LogP contribution in [-0.4, -0.2) is 6.61 Å². The second kappa shape index (κ2) is 5.38. The highest BCUT2D eigenvalue weighted by Gasteiger charge is 2.42. The summed E-state index contributed by atoms with van der Waals surface area (Å²) >= 11 is 0. The van der Waals surface area contributed by atoms with E-state index >= 15 is 0 Å². The third-order valence-corrected chi connectivity index (χ3v) is 5.90. The molecular weight excluding hydrogens is 282 g/mol. The molecule has 0 saturated carbocycles. The monoisotopic (exact) mass is 305 g/mol. The average molecular weight is 305 g/mol. The topological polar surface area (TPSA) is 21.3 Å². The van der Waals surface area contributed by atoms with Crippen LogP contribution in [0.3, 0.4) is 0 Å². The fourth-order valence-electron chi connectivity index (χ4n) is 4.78. The molecule has 118 valence electrons. The largest absolute Gasteiger partial charge is 0.377 e. The third kappa shape index (κ3) is 2.12. The summed E-state index contributed by atoms with van der Waals surface area (Å²) in [5, 5.41) is 3.93. The lowest BCUT2D eigenvalue weighted by molar-refractivity contribution is 0.0828. The van der Waals surface area contributed by atoms with Crippen molar-refractivity contribution in [1.82, 2.24) is 0 Å². The normalized spacial score (nSPS) is 28.4. The van der Waals surface area contributed by atoms with Gasteiger partial charge in [0.2, 0.25) is 0 Å². The molecule has 1 aliphatic carbocycles. The molecule has 2 nitrogen and oxygen atoms in total. The molecule has 0 bridgehead atoms. The van der Waals surface area contributed by atoms with Crippen LogP contribution in [0, 0.1) is 5.92 Å². The van der Waals surface area contributed by atoms with E-state index in [4.69, 9.17) is 4.74 Å². The molecule has 2 heterocycles. The molecule has 2 aromatic carbocycles. The highest BCUT2D eigenvalue weighted by molar-refractivity contribution is 5.65. The lowest BCUT2D eigenvalue weighted by Gasteiger charge is -2.38. The summed E-state index contributed by atoms with van der Waals surface area (Å²) in [6, 6.07) is 16.0. The summed E-state index contributed by atoms with van der Waals surface area (Å²) in [7, 11) is 0. The van der Waals surface area contributed by atoms with Crippen molar-refractivity contribution in [2.75, 3.05) is 11.9 Å². The van der Waals surface area contributed by atoms with Gasteiger partial charge in [0.25, 0.3) is 0 Å². The first kappa shape index (κ1) is 13.6. The SMILES string of the molecule is c1ccc([C@H]2Nc3c(ccc4c3CCCC4)[C@@H]3OCC[C@H]23)cc1. The van der Waals surface area contributed by atoms with Gasteiger partial charge in [0.05, 0.1) is 12.1 Å². The molecule has 0 unspecified atom stereocenters. The number of nitrogens with one attached hydrogen (secondary N) is 1. The number of rotatable bonds is 1. The summed E-state index contributed by atoms with van der Waals surface area (Å²) in [5.74, 6) is 0.548. The van der Waals surface area contributed by atoms with E-state index in [0.29, 0.717) is 12.0 Å². The molecule has 5 rings (SSSR count). The molecule has 1 N–H and O–H groups in total. The second-order valence-corrected chi connectivity index (χ2v) is 7.15. The summed E-state index contributed by atoms with van der Waals surface area (Å²) in [6.45, 7) is 0.886. The number of hydrogen-bond donors (Lipinski definition) is 1. The van der Waals surface area contributed by atoms with Crippen molar-refractivity contribution < 1.29 is 4.74 Å². The average Bonchev–Trinajstić information content (AvgIpc) is 3.11. The Morgan fingerprint density at radius 2 is 1.83 bits per heavy atom. The van der Waals surface area contributed by atoms with E-state index in [1.165, 1.54) is 42.5 Å². The standard InChI is InChI=1S/C21H23NO/c1-2-7-15(8-3-1)19-18-12-13-23-21(18)17-11-10-14-6-4-5-9-16(14)20(17)22-19/h1-3,7-8,10-11,18-19,21-22H,4-6,9,12-13H2/t18-,19-,21+/m1/s1. The lowest BCUT2D eigenvalue weighted by Crippen LogP contribution is -2.30. The Kier molecular flexibility index (Phi) is 3.19. The quantitative estimate of drug-likeness (QED) is 0.816. The summed E-state index contributed by atoms with van der Waals surface area (Å²) < 4.78 is 6.19. The Hall–Kier alpha value is -1.80. The second-order valence-electron chi connectivity index (χ2n) is 7.15. The minimum atomic E-state index is 0.267. The van der Waals surface area contributed by atoms with Crippen LogP contribution in [0.2, 0.25) is 0 Å². The minimum Gasteiger partial charge on any atom is -0.377 e. The number of aryl methyl sites for hydroxylation is 1. The predicted molar refractivity (Wildman–Crippen MR) is 92.7 cm³/mol. The van der Waals surface area contributed by atoms with Crippen LogP contribution >= 0.6 is 0 Å². The molecule has 0 spiro atoms. The van der Waals surface area contributed by atoms with Gasteiger partial charge in [-0.2, -0.15) is 0 Å². The summed E-state index contributed by atoms with van der Waals surface area (Å²) in [6.07, 6.45) is 6.50. The van der Waals surface area contributed by atoms with Gasteiger partial charge in [0.1, 0.15) is 0 Å². The fourth-order valence-corrected chi connectivity index (χ4v) is 4.78. The zero-order chi connectivity index (χ0) is 15.2. The molecule has 0 radical (unpaired) electrons. The van der Waals surface area contributed by atoms with Crippen molar-refractivity contribution in [3.63, 3.8) is 0 Å². The maximum absolute atomic E-state index is 6.19. The van der Waals surface area contributed by atoms with Gasteiger partial charge < -0.3 is 10.1 Å². The van der Waals surface area contributed by atoms with E-state index in [0.717, 1.165) is 13.0 Å². The van der Waals surface area contributed by atoms with E-state index in [2.05, 4.69) is 47.8 Å². The molecule has 0 amide bonds. The number of benzene rings is 2. The zero-order valence-corrected chi connectivity index (χ0v) is 13.4. The third-order valence-electron chi connectivity index (χ3n) is 5.90. The van der Waals surface area contributed by atoms with Crippen LogP contribution in [0.4, 0.5) is 5.69 Å². The fraction of sp³-hybridized carbons (Fsp3) is 0.429. The van der Waals surface area contributed by atoms with E-state index in [1.807, 2.05) is 0 Å². The summed E-state index contributed by atoms with van der Waals surface area (Å²) in [5.41, 5.74) is 7.29. The molecule has 1 fully saturated rings. The van der Waals surface area contributed by atoms with E-state index in [-0.39, 0.29) is 6.10 Å². The van der Waals surface area contributed by atoms with Crippen molar-refractivity contribution in [3.05, 3.63) is 64.7 Å². The maximum atomic E-state index is 6.19. The van der Waals surface area contributed by atoms with Gasteiger partial charge >= 0.3 is 0 Å². The smallest absolute Gasteiger partial charge is 0.0896 e. The first-order valence-corrected chi connectivity index (χ1v) is 8.99. The van der Waals surface area contributed by atoms with Crippen LogP contribution < -0.4 is 5.32 Å². The molecule has 3 aliphatic rings. The van der Waals surface area contributed by atoms with Crippen LogP contribution in [0.5, 0.6) is 0 Å². The Balaban J connectivity index is 1.64. The van der Waals surface area contributed by atoms with Crippen LogP contribution in [0.25, 0.3) is 0 Å². The van der Waals surface area contributed by atoms with Crippen molar-refractivity contribution in [2.45, 2.75) is 44.2 Å². The Bertz CT molecular complexity index is 724. The van der Waals surface area contributed by atoms with Gasteiger partial charge in [-0.05, 0) is 48.8 Å². The number of anilines is 1. The Morgan fingerprint density at radius 3 is 2.74 bits per heavy atom. The molecule has 0 aromatic heterocycles. The molecule has 3 atom stereocenters. The zero-order valence-electron chi connectivity index (χ0n) is 13.4. The van der Waals surface area contributed by atoms with Crippen LogP contribution in [-0.2, 0) is 17.6 Å². The molecule has 2 heteroatoms. The highest BCUT2D eigenvalue weighted by atomic mass is 16.5. The Morgan fingerprint density at radius 1 is 0.957 bits per heavy atom. The maximum Gasteiger partial charge on any atom is 0.0896 e. The summed E-state index contributed by atoms with van der Waals surface area (Å²) in [4.78, 5) is 0. The van der Waals surface area contributed by atoms with Crippen LogP contribution in [0.1, 0.15) is 53.7 Å². The lowest BCUT2D eigenvalue weighted by atomic mass is 9.78. The van der Waals surface area contributed by atoms with E-state index in [1.54, 1.807) is 11.1 Å². The first-order chi connectivity index (χ1) is 11.4. The minimum absolute atomic E-state index is 0.267. The molecule has 2 aromatic rings. The molecule has 23 heavy (non-hydrogen) atoms. The molecule has 1 saturated heterocycles. The van der Waals surface area contributed by atoms with E-state index in [9.17, 15) is 0 Å². The van der Waals surface area contributed by atoms with Crippen molar-refractivity contribution in [3.8, 4) is 0 Å². The molecular formula is C21H23NO. The molecule has 2 aliphatic heterocycles. The van der Waals surface area contributed by atoms with Crippen LogP contribution in [0.15, 0.2) is 42.5 Å². The van der Waals surface area contributed by atoms with Crippen molar-refractivity contribution in [2.24, 2.45) is 5.92 Å². The number of hydrogen-bond acceptors (Lipinski definition) is 2. The Labute approximate surface area is 137 Å². The van der Waals surface area contributed by atoms with Crippen molar-refractivity contribution >= 4 is 5.69 Å². The first-order valence-electron chi connectivity index (χ1n) is 8.99. The number of ether oxygens (including phenoxy) is 1. The van der Waals surface area contributed by atoms with Gasteiger partial charge in [-0.3, -0.25) is 0 Å². The predicted octanol–water partition coefficient (Wildman–Crippen LogP) is 4.81. The highest BCUT2D eigenvalue weighted by Crippen LogP contribution is 2.51. The van der Waals surface area contributed by atoms with Gasteiger partial charge in [0, 0.05) is 23.8 Å². The van der Waals surface area contributed by atoms with Gasteiger partial charge in [-0.1, -0.05) is 42.5 Å². The number of fused-ring (bicyclic) bond motifs is 5.